The summed E-state index contributed by atoms with van der Waals surface area (Å²) in [5, 5.41) is 0. The van der Waals surface area contributed by atoms with Crippen LogP contribution in [0.1, 0.15) is 0 Å². The van der Waals surface area contributed by atoms with Crippen LogP contribution in [-0.2, 0) is 0 Å². The molecule has 2 atom stereocenters. The van der Waals surface area contributed by atoms with Crippen molar-refractivity contribution >= 4 is 69.6 Å². The lowest BCUT2D eigenvalue weighted by molar-refractivity contribution is 0.743. The number of rotatable bonds is 0. The minimum atomic E-state index is 0.332. The standard InChI is InChI=1S/C30H19BN2S2/c1-3-14-24-20(10-1)32-22-12-7-13-23-28(22)31(18-8-5-16-26(34-24)29(18)32)19-9-6-17-27-30(19)33(23)21-11-2-4-15-25(21)35-27/h1-18,29H. The summed E-state index contributed by atoms with van der Waals surface area (Å²) in [5.41, 5.74) is 9.62. The zero-order valence-corrected chi connectivity index (χ0v) is 20.4. The third-order valence-electron chi connectivity index (χ3n) is 8.05. The monoisotopic (exact) mass is 482 g/mol. The third-order valence-corrected chi connectivity index (χ3v) is 10.3. The van der Waals surface area contributed by atoms with Gasteiger partial charge in [0.2, 0.25) is 6.71 Å². The highest BCUT2D eigenvalue weighted by Crippen LogP contribution is 2.58. The van der Waals surface area contributed by atoms with E-state index in [-0.39, 0.29) is 0 Å². The smallest absolute Gasteiger partial charge is 0.226 e. The van der Waals surface area contributed by atoms with Crippen LogP contribution >= 0.6 is 23.5 Å². The SMILES string of the molecule is C1=CC2B3c4cccc5c4N(c4ccccc4S5)c4cccc(c43)N3c4ccccc4SC(=C1)C23. The quantitative estimate of drug-likeness (QED) is 0.219. The fraction of sp³-hybridized carbons (Fsp3) is 0.0667. The van der Waals surface area contributed by atoms with E-state index in [0.717, 1.165) is 0 Å². The summed E-state index contributed by atoms with van der Waals surface area (Å²) < 4.78 is 0. The summed E-state index contributed by atoms with van der Waals surface area (Å²) in [7, 11) is 0. The number of anilines is 5. The molecule has 0 amide bonds. The molecule has 4 aromatic carbocycles. The molecule has 0 N–H and O–H groups in total. The van der Waals surface area contributed by atoms with Gasteiger partial charge in [0.05, 0.1) is 23.1 Å². The van der Waals surface area contributed by atoms with Crippen LogP contribution in [0.2, 0.25) is 5.82 Å². The van der Waals surface area contributed by atoms with Gasteiger partial charge in [0.1, 0.15) is 0 Å². The summed E-state index contributed by atoms with van der Waals surface area (Å²) in [6, 6.07) is 32.0. The number of thioether (sulfide) groups is 1. The molecule has 0 aromatic heterocycles. The minimum Gasteiger partial charge on any atom is -0.333 e. The molecule has 0 bridgehead atoms. The van der Waals surface area contributed by atoms with Gasteiger partial charge in [-0.25, -0.2) is 0 Å². The average Bonchev–Trinajstić information content (AvgIpc) is 2.91. The van der Waals surface area contributed by atoms with E-state index in [1.54, 1.807) is 0 Å². The van der Waals surface area contributed by atoms with Gasteiger partial charge >= 0.3 is 0 Å². The Balaban J connectivity index is 1.40. The molecule has 2 unspecified atom stereocenters. The van der Waals surface area contributed by atoms with E-state index in [2.05, 4.69) is 113 Å². The zero-order valence-electron chi connectivity index (χ0n) is 18.8. The van der Waals surface area contributed by atoms with Crippen molar-refractivity contribution in [2.24, 2.45) is 0 Å². The second-order valence-electron chi connectivity index (χ2n) is 9.70. The van der Waals surface area contributed by atoms with Crippen molar-refractivity contribution in [1.82, 2.24) is 0 Å². The van der Waals surface area contributed by atoms with Crippen LogP contribution in [-0.4, -0.2) is 12.8 Å². The molecule has 0 fully saturated rings. The number of hydrogen-bond acceptors (Lipinski definition) is 4. The van der Waals surface area contributed by atoms with Crippen LogP contribution in [0.15, 0.2) is 123 Å². The van der Waals surface area contributed by atoms with Crippen molar-refractivity contribution in [2.75, 3.05) is 9.80 Å². The molecule has 0 saturated carbocycles. The Morgan fingerprint density at radius 3 is 2.29 bits per heavy atom. The highest BCUT2D eigenvalue weighted by molar-refractivity contribution is 8.03. The van der Waals surface area contributed by atoms with Crippen molar-refractivity contribution in [3.05, 3.63) is 108 Å². The van der Waals surface area contributed by atoms with E-state index in [0.29, 0.717) is 18.6 Å². The van der Waals surface area contributed by atoms with E-state index >= 15 is 0 Å². The topological polar surface area (TPSA) is 6.48 Å². The lowest BCUT2D eigenvalue weighted by atomic mass is 9.29. The fourth-order valence-corrected chi connectivity index (χ4v) is 9.11. The summed E-state index contributed by atoms with van der Waals surface area (Å²) in [5.74, 6) is 0.389. The third kappa shape index (κ3) is 2.31. The first-order chi connectivity index (χ1) is 17.4. The van der Waals surface area contributed by atoms with E-state index in [9.17, 15) is 0 Å². The molecular formula is C30H19BN2S2. The predicted molar refractivity (Wildman–Crippen MR) is 149 cm³/mol. The molecule has 0 spiro atoms. The Kier molecular flexibility index (Phi) is 3.62. The fourth-order valence-electron chi connectivity index (χ4n) is 6.81. The second-order valence-corrected chi connectivity index (χ2v) is 11.9. The molecule has 4 aliphatic heterocycles. The summed E-state index contributed by atoms with van der Waals surface area (Å²) >= 11 is 3.86. The molecule has 4 heterocycles. The van der Waals surface area contributed by atoms with Crippen molar-refractivity contribution in [3.8, 4) is 0 Å². The van der Waals surface area contributed by atoms with Gasteiger partial charge in [0, 0.05) is 31.0 Å². The van der Waals surface area contributed by atoms with Crippen LogP contribution in [0.25, 0.3) is 0 Å². The Morgan fingerprint density at radius 2 is 1.37 bits per heavy atom. The van der Waals surface area contributed by atoms with Crippen LogP contribution in [0.5, 0.6) is 0 Å². The number of hydrogen-bond donors (Lipinski definition) is 0. The molecule has 164 valence electrons. The van der Waals surface area contributed by atoms with Crippen LogP contribution in [0.4, 0.5) is 28.4 Å². The molecule has 0 radical (unpaired) electrons. The molecule has 0 saturated heterocycles. The van der Waals surface area contributed by atoms with Gasteiger partial charge in [-0.3, -0.25) is 0 Å². The Bertz CT molecular complexity index is 1660. The van der Waals surface area contributed by atoms with Crippen LogP contribution in [0, 0.1) is 0 Å². The highest BCUT2D eigenvalue weighted by atomic mass is 32.2. The number of allylic oxidation sites excluding steroid dienone is 2. The number of nitrogens with zero attached hydrogens (tertiary/aromatic N) is 2. The first-order valence-corrected chi connectivity index (χ1v) is 13.8. The highest BCUT2D eigenvalue weighted by Gasteiger charge is 2.52. The number of fused-ring (bicyclic) bond motifs is 8. The number of para-hydroxylation sites is 3. The Labute approximate surface area is 213 Å². The summed E-state index contributed by atoms with van der Waals surface area (Å²) in [6.45, 7) is 0.338. The van der Waals surface area contributed by atoms with Crippen molar-refractivity contribution in [2.45, 2.75) is 26.5 Å². The van der Waals surface area contributed by atoms with Gasteiger partial charge in [0.25, 0.3) is 0 Å². The maximum atomic E-state index is 2.64. The normalized spacial score (nSPS) is 21.4. The predicted octanol–water partition coefficient (Wildman–Crippen LogP) is 6.99. The van der Waals surface area contributed by atoms with Crippen LogP contribution < -0.4 is 20.7 Å². The van der Waals surface area contributed by atoms with Gasteiger partial charge in [-0.05, 0) is 59.2 Å². The average molecular weight is 482 g/mol. The molecule has 1 aliphatic carbocycles. The Hall–Kier alpha value is -3.28. The van der Waals surface area contributed by atoms with Crippen LogP contribution in [0.3, 0.4) is 0 Å². The zero-order chi connectivity index (χ0) is 22.7. The first-order valence-electron chi connectivity index (χ1n) is 12.2. The maximum absolute atomic E-state index is 2.64. The van der Waals surface area contributed by atoms with E-state index in [1.807, 2.05) is 23.5 Å². The van der Waals surface area contributed by atoms with E-state index in [1.165, 1.54) is 59.0 Å². The summed E-state index contributed by atoms with van der Waals surface area (Å²) in [4.78, 5) is 10.7. The molecule has 35 heavy (non-hydrogen) atoms. The lowest BCUT2D eigenvalue weighted by Crippen LogP contribution is -2.62. The minimum absolute atomic E-state index is 0.332. The van der Waals surface area contributed by atoms with Gasteiger partial charge in [-0.15, -0.1) is 0 Å². The van der Waals surface area contributed by atoms with Gasteiger partial charge in [0.15, 0.2) is 0 Å². The van der Waals surface area contributed by atoms with Crippen molar-refractivity contribution < 1.29 is 0 Å². The van der Waals surface area contributed by atoms with Gasteiger partial charge in [-0.2, -0.15) is 0 Å². The molecule has 5 heteroatoms. The van der Waals surface area contributed by atoms with Gasteiger partial charge < -0.3 is 9.80 Å². The van der Waals surface area contributed by atoms with E-state index < -0.39 is 0 Å². The van der Waals surface area contributed by atoms with Gasteiger partial charge in [-0.1, -0.05) is 84.2 Å². The van der Waals surface area contributed by atoms with E-state index in [4.69, 9.17) is 0 Å². The largest absolute Gasteiger partial charge is 0.333 e. The molecule has 4 aromatic rings. The summed E-state index contributed by atoms with van der Waals surface area (Å²) in [6.07, 6.45) is 7.11. The molecule has 9 rings (SSSR count). The lowest BCUT2D eigenvalue weighted by Gasteiger charge is -2.53. The van der Waals surface area contributed by atoms with Crippen molar-refractivity contribution in [1.29, 1.82) is 0 Å². The molecule has 2 nitrogen and oxygen atoms in total. The van der Waals surface area contributed by atoms with Crippen molar-refractivity contribution in [3.63, 3.8) is 0 Å². The number of benzene rings is 4. The molecule has 5 aliphatic rings. The first kappa shape index (κ1) is 19.0. The molecular weight excluding hydrogens is 463 g/mol. The second kappa shape index (κ2) is 6.69. The maximum Gasteiger partial charge on any atom is 0.226 e. The Morgan fingerprint density at radius 1 is 0.657 bits per heavy atom.